The molecule has 4 aliphatic carbocycles. The molecule has 0 aromatic carbocycles. The number of hydrogen-bond donors (Lipinski definition) is 0. The topological polar surface area (TPSA) is 26.3 Å². The average Bonchev–Trinajstić information content (AvgIpc) is 3.51. The lowest BCUT2D eigenvalue weighted by molar-refractivity contribution is -0.151. The van der Waals surface area contributed by atoms with Crippen molar-refractivity contribution in [1.29, 1.82) is 0 Å². The summed E-state index contributed by atoms with van der Waals surface area (Å²) >= 11 is 0. The second kappa shape index (κ2) is 24.2. The molecule has 9 atom stereocenters. The number of esters is 1. The van der Waals surface area contributed by atoms with Gasteiger partial charge in [0.1, 0.15) is 6.10 Å². The van der Waals surface area contributed by atoms with Crippen LogP contribution in [0.1, 0.15) is 254 Å². The molecule has 0 N–H and O–H groups in total. The molecule has 2 nitrogen and oxygen atoms in total. The van der Waals surface area contributed by atoms with Crippen LogP contribution in [0.4, 0.5) is 0 Å². The van der Waals surface area contributed by atoms with Crippen LogP contribution in [0.2, 0.25) is 0 Å². The third-order valence-corrected chi connectivity index (χ3v) is 16.8. The molecule has 3 fully saturated rings. The molecule has 4 rings (SSSR count). The van der Waals surface area contributed by atoms with Gasteiger partial charge in [-0.2, -0.15) is 0 Å². The summed E-state index contributed by atoms with van der Waals surface area (Å²) in [6, 6.07) is 0. The van der Waals surface area contributed by atoms with Gasteiger partial charge in [0.2, 0.25) is 0 Å². The number of carbonyl (C=O) groups excluding carboxylic acids is 1. The first kappa shape index (κ1) is 45.9. The van der Waals surface area contributed by atoms with E-state index in [-0.39, 0.29) is 12.1 Å². The summed E-state index contributed by atoms with van der Waals surface area (Å²) in [5.74, 6) is 6.11. The van der Waals surface area contributed by atoms with E-state index in [0.717, 1.165) is 60.7 Å². The van der Waals surface area contributed by atoms with Crippen molar-refractivity contribution in [1.82, 2.24) is 0 Å². The average molecular weight is 751 g/mol. The predicted octanol–water partition coefficient (Wildman–Crippen LogP) is 16.8. The van der Waals surface area contributed by atoms with Gasteiger partial charge in [-0.3, -0.25) is 4.79 Å². The van der Waals surface area contributed by atoms with Crippen molar-refractivity contribution in [2.24, 2.45) is 52.3 Å². The van der Waals surface area contributed by atoms with E-state index in [4.69, 9.17) is 4.74 Å². The molecule has 3 saturated carbocycles. The predicted molar refractivity (Wildman–Crippen MR) is 235 cm³/mol. The third-order valence-electron chi connectivity index (χ3n) is 16.8. The van der Waals surface area contributed by atoms with Crippen LogP contribution >= 0.6 is 0 Å². The maximum absolute atomic E-state index is 12.9. The van der Waals surface area contributed by atoms with Gasteiger partial charge in [0, 0.05) is 12.8 Å². The van der Waals surface area contributed by atoms with Crippen molar-refractivity contribution >= 4 is 5.97 Å². The van der Waals surface area contributed by atoms with E-state index in [0.29, 0.717) is 17.3 Å². The molecule has 0 aromatic heterocycles. The summed E-state index contributed by atoms with van der Waals surface area (Å²) in [4.78, 5) is 12.9. The molecule has 54 heavy (non-hydrogen) atoms. The van der Waals surface area contributed by atoms with Crippen molar-refractivity contribution in [2.75, 3.05) is 0 Å². The summed E-state index contributed by atoms with van der Waals surface area (Å²) < 4.78 is 6.17. The molecule has 0 saturated heterocycles. The molecule has 0 bridgehead atoms. The molecule has 0 aliphatic heterocycles. The van der Waals surface area contributed by atoms with Crippen molar-refractivity contribution in [3.05, 3.63) is 11.6 Å². The van der Waals surface area contributed by atoms with Gasteiger partial charge < -0.3 is 4.74 Å². The Morgan fingerprint density at radius 1 is 0.667 bits per heavy atom. The maximum atomic E-state index is 12.9. The molecular weight excluding hydrogens is 657 g/mol. The van der Waals surface area contributed by atoms with Crippen LogP contribution in [0.15, 0.2) is 11.6 Å². The zero-order valence-corrected chi connectivity index (χ0v) is 37.6. The van der Waals surface area contributed by atoms with Crippen molar-refractivity contribution in [3.8, 4) is 0 Å². The molecule has 0 radical (unpaired) electrons. The largest absolute Gasteiger partial charge is 0.462 e. The van der Waals surface area contributed by atoms with Gasteiger partial charge >= 0.3 is 5.97 Å². The number of rotatable bonds is 28. The summed E-state index contributed by atoms with van der Waals surface area (Å²) in [6.45, 7) is 17.5. The first-order valence-corrected chi connectivity index (χ1v) is 25.0. The lowest BCUT2D eigenvalue weighted by Gasteiger charge is -2.58. The van der Waals surface area contributed by atoms with Crippen LogP contribution in [-0.4, -0.2) is 12.1 Å². The zero-order valence-electron chi connectivity index (χ0n) is 37.6. The highest BCUT2D eigenvalue weighted by atomic mass is 16.5. The highest BCUT2D eigenvalue weighted by molar-refractivity contribution is 5.69. The Hall–Kier alpha value is -0.790. The smallest absolute Gasteiger partial charge is 0.306 e. The minimum absolute atomic E-state index is 0.0676. The number of carbonyl (C=O) groups is 1. The first-order valence-electron chi connectivity index (χ1n) is 25.0. The highest BCUT2D eigenvalue weighted by Crippen LogP contribution is 2.67. The second-order valence-corrected chi connectivity index (χ2v) is 20.9. The number of allylic oxidation sites excluding steroid dienone is 1. The van der Waals surface area contributed by atoms with E-state index in [1.54, 1.807) is 5.57 Å². The minimum Gasteiger partial charge on any atom is -0.462 e. The molecule has 4 aliphatic rings. The van der Waals surface area contributed by atoms with Gasteiger partial charge in [-0.1, -0.05) is 201 Å². The molecule has 9 unspecified atom stereocenters. The van der Waals surface area contributed by atoms with Crippen LogP contribution in [0.5, 0.6) is 0 Å². The Labute approximate surface area is 338 Å². The SMILES string of the molecule is CCCCCCCCCCCCCCCCCCCCCCCC(=O)OC1CCC2(C)C(=CCC3C2CCC2(C)C(C(C)CCC(C)C(C)C)CCC32)C1. The monoisotopic (exact) mass is 751 g/mol. The molecule has 0 spiro atoms. The fourth-order valence-corrected chi connectivity index (χ4v) is 12.7. The fourth-order valence-electron chi connectivity index (χ4n) is 12.7. The zero-order chi connectivity index (χ0) is 38.8. The van der Waals surface area contributed by atoms with Gasteiger partial charge in [0.15, 0.2) is 0 Å². The number of hydrogen-bond acceptors (Lipinski definition) is 2. The van der Waals surface area contributed by atoms with Gasteiger partial charge in [-0.15, -0.1) is 0 Å². The number of ether oxygens (including phenoxy) is 1. The molecule has 0 aromatic rings. The molecule has 0 heterocycles. The van der Waals surface area contributed by atoms with Crippen molar-refractivity contribution in [3.63, 3.8) is 0 Å². The summed E-state index contributed by atoms with van der Waals surface area (Å²) in [5, 5.41) is 0. The molecule has 2 heteroatoms. The van der Waals surface area contributed by atoms with Crippen molar-refractivity contribution in [2.45, 2.75) is 260 Å². The van der Waals surface area contributed by atoms with E-state index < -0.39 is 0 Å². The summed E-state index contributed by atoms with van der Waals surface area (Å²) in [7, 11) is 0. The lowest BCUT2D eigenvalue weighted by atomic mass is 9.47. The first-order chi connectivity index (χ1) is 26.1. The Balaban J connectivity index is 1.01. The van der Waals surface area contributed by atoms with E-state index >= 15 is 0 Å². The van der Waals surface area contributed by atoms with Crippen LogP contribution in [0.25, 0.3) is 0 Å². The van der Waals surface area contributed by atoms with Gasteiger partial charge in [-0.25, -0.2) is 0 Å². The van der Waals surface area contributed by atoms with E-state index in [2.05, 4.69) is 54.5 Å². The molecular formula is C52H94O2. The van der Waals surface area contributed by atoms with Gasteiger partial charge in [0.25, 0.3) is 0 Å². The van der Waals surface area contributed by atoms with Crippen LogP contribution < -0.4 is 0 Å². The summed E-state index contributed by atoms with van der Waals surface area (Å²) in [6.07, 6.45) is 45.8. The fraction of sp³-hybridized carbons (Fsp3) is 0.942. The Bertz CT molecular complexity index is 1060. The number of fused-ring (bicyclic) bond motifs is 5. The van der Waals surface area contributed by atoms with Crippen molar-refractivity contribution < 1.29 is 9.53 Å². The van der Waals surface area contributed by atoms with Crippen LogP contribution in [0.3, 0.4) is 0 Å². The lowest BCUT2D eigenvalue weighted by Crippen LogP contribution is -2.51. The minimum atomic E-state index is 0.0676. The molecule has 314 valence electrons. The third kappa shape index (κ3) is 13.7. The molecule has 0 amide bonds. The van der Waals surface area contributed by atoms with Crippen LogP contribution in [0, 0.1) is 52.3 Å². The normalized spacial score (nSPS) is 30.4. The van der Waals surface area contributed by atoms with Gasteiger partial charge in [-0.05, 0) is 104 Å². The van der Waals surface area contributed by atoms with E-state index in [1.165, 1.54) is 180 Å². The Morgan fingerprint density at radius 2 is 1.20 bits per heavy atom. The quantitative estimate of drug-likeness (QED) is 0.0452. The maximum Gasteiger partial charge on any atom is 0.306 e. The highest BCUT2D eigenvalue weighted by Gasteiger charge is 2.59. The Morgan fingerprint density at radius 3 is 1.74 bits per heavy atom. The summed E-state index contributed by atoms with van der Waals surface area (Å²) in [5.41, 5.74) is 2.52. The standard InChI is InChI=1S/C52H94O2/c1-8-9-10-11-12-13-14-15-16-17-18-19-20-21-22-23-24-25-26-27-28-29-50(53)54-45-36-38-51(6)44(40-45)32-33-46-48-35-34-47(52(48,7)39-37-49(46)51)43(5)31-30-42(4)41(2)3/h32,41-43,45-49H,8-31,33-40H2,1-7H3. The Kier molecular flexibility index (Phi) is 20.6. The van der Waals surface area contributed by atoms with E-state index in [9.17, 15) is 4.79 Å². The van der Waals surface area contributed by atoms with Crippen LogP contribution in [-0.2, 0) is 9.53 Å². The van der Waals surface area contributed by atoms with Gasteiger partial charge in [0.05, 0.1) is 0 Å². The number of unbranched alkanes of at least 4 members (excludes halogenated alkanes) is 20. The second-order valence-electron chi connectivity index (χ2n) is 20.9. The van der Waals surface area contributed by atoms with E-state index in [1.807, 2.05) is 0 Å².